The molecule has 0 saturated heterocycles. The molecule has 0 aromatic heterocycles. The van der Waals surface area contributed by atoms with Crippen LogP contribution in [0.15, 0.2) is 24.3 Å². The van der Waals surface area contributed by atoms with Crippen LogP contribution in [0.4, 0.5) is 0 Å². The molecule has 0 aliphatic heterocycles. The molecule has 0 aliphatic carbocycles. The molecular weight excluding hydrogens is 184 g/mol. The molecule has 0 heterocycles. The van der Waals surface area contributed by atoms with Gasteiger partial charge in [-0.3, -0.25) is 0 Å². The van der Waals surface area contributed by atoms with E-state index in [1.165, 1.54) is 12.0 Å². The molecule has 1 nitrogen and oxygen atoms in total. The van der Waals surface area contributed by atoms with Crippen LogP contribution in [-0.4, -0.2) is 7.11 Å². The Morgan fingerprint density at radius 1 is 1.20 bits per heavy atom. The predicted octanol–water partition coefficient (Wildman–Crippen LogP) is 4.05. The predicted molar refractivity (Wildman–Crippen MR) is 65.2 cm³/mol. The lowest BCUT2D eigenvalue weighted by atomic mass is 9.88. The van der Waals surface area contributed by atoms with E-state index in [-0.39, 0.29) is 0 Å². The maximum atomic E-state index is 5.15. The highest BCUT2D eigenvalue weighted by Crippen LogP contribution is 2.27. The van der Waals surface area contributed by atoms with Crippen molar-refractivity contribution in [1.82, 2.24) is 0 Å². The maximum Gasteiger partial charge on any atom is 0.118 e. The monoisotopic (exact) mass is 205 g/mol. The molecule has 1 atom stereocenters. The van der Waals surface area contributed by atoms with Crippen molar-refractivity contribution in [2.45, 2.75) is 33.1 Å². The number of ether oxygens (including phenoxy) is 1. The highest BCUT2D eigenvalue weighted by atomic mass is 16.5. The van der Waals surface area contributed by atoms with E-state index in [1.54, 1.807) is 7.11 Å². The maximum absolute atomic E-state index is 5.15. The summed E-state index contributed by atoms with van der Waals surface area (Å²) in [5, 5.41) is 0. The van der Waals surface area contributed by atoms with Crippen LogP contribution in [0.25, 0.3) is 0 Å². The first kappa shape index (κ1) is 12.1. The first-order valence-corrected chi connectivity index (χ1v) is 5.60. The largest absolute Gasteiger partial charge is 0.497 e. The van der Waals surface area contributed by atoms with Gasteiger partial charge in [0.05, 0.1) is 7.11 Å². The Bertz CT molecular complexity index is 274. The molecule has 0 bridgehead atoms. The normalized spacial score (nSPS) is 12.9. The Morgan fingerprint density at radius 3 is 2.20 bits per heavy atom. The minimum Gasteiger partial charge on any atom is -0.497 e. The lowest BCUT2D eigenvalue weighted by Gasteiger charge is -2.17. The second-order valence-corrected chi connectivity index (χ2v) is 4.34. The van der Waals surface area contributed by atoms with Gasteiger partial charge in [0.1, 0.15) is 5.75 Å². The van der Waals surface area contributed by atoms with Crippen LogP contribution in [0, 0.1) is 12.3 Å². The fraction of sp³-hybridized carbons (Fsp3) is 0.500. The van der Waals surface area contributed by atoms with Crippen LogP contribution in [0.5, 0.6) is 5.75 Å². The summed E-state index contributed by atoms with van der Waals surface area (Å²) in [7, 11) is 1.70. The van der Waals surface area contributed by atoms with Gasteiger partial charge in [-0.15, -0.1) is 0 Å². The van der Waals surface area contributed by atoms with E-state index in [0.717, 1.165) is 11.7 Å². The van der Waals surface area contributed by atoms with E-state index in [9.17, 15) is 0 Å². The highest BCUT2D eigenvalue weighted by Gasteiger charge is 2.11. The van der Waals surface area contributed by atoms with Crippen LogP contribution >= 0.6 is 0 Å². The molecule has 0 aliphatic rings. The summed E-state index contributed by atoms with van der Waals surface area (Å²) in [6.45, 7) is 6.66. The minimum atomic E-state index is 0.566. The zero-order chi connectivity index (χ0) is 11.3. The van der Waals surface area contributed by atoms with Gasteiger partial charge in [0.25, 0.3) is 0 Å². The third kappa shape index (κ3) is 3.58. The number of methoxy groups -OCH3 is 1. The summed E-state index contributed by atoms with van der Waals surface area (Å²) in [5.74, 6) is 2.22. The molecule has 1 aromatic carbocycles. The third-order valence-electron chi connectivity index (χ3n) is 2.67. The Balaban J connectivity index is 2.74. The van der Waals surface area contributed by atoms with E-state index in [0.29, 0.717) is 5.92 Å². The molecule has 83 valence electrons. The number of hydrogen-bond acceptors (Lipinski definition) is 1. The molecule has 15 heavy (non-hydrogen) atoms. The van der Waals surface area contributed by atoms with Crippen LogP contribution in [0.3, 0.4) is 0 Å². The van der Waals surface area contributed by atoms with Crippen LogP contribution in [0.2, 0.25) is 0 Å². The van der Waals surface area contributed by atoms with Gasteiger partial charge in [0.15, 0.2) is 0 Å². The SMILES string of the molecule is C[CH]C(CC(C)C)c1ccc(OC)cc1. The van der Waals surface area contributed by atoms with Crippen LogP contribution < -0.4 is 4.74 Å². The van der Waals surface area contributed by atoms with Crippen molar-refractivity contribution in [2.75, 3.05) is 7.11 Å². The van der Waals surface area contributed by atoms with Gasteiger partial charge in [0.2, 0.25) is 0 Å². The van der Waals surface area contributed by atoms with Crippen molar-refractivity contribution in [1.29, 1.82) is 0 Å². The second-order valence-electron chi connectivity index (χ2n) is 4.34. The van der Waals surface area contributed by atoms with Crippen molar-refractivity contribution in [3.8, 4) is 5.75 Å². The number of hydrogen-bond donors (Lipinski definition) is 0. The lowest BCUT2D eigenvalue weighted by molar-refractivity contribution is 0.414. The average molecular weight is 205 g/mol. The number of benzene rings is 1. The molecule has 1 unspecified atom stereocenters. The molecule has 1 rings (SSSR count). The second kappa shape index (κ2) is 5.79. The van der Waals surface area contributed by atoms with Gasteiger partial charge in [-0.2, -0.15) is 0 Å². The van der Waals surface area contributed by atoms with Crippen molar-refractivity contribution in [3.63, 3.8) is 0 Å². The van der Waals surface area contributed by atoms with Gasteiger partial charge in [-0.25, -0.2) is 0 Å². The minimum absolute atomic E-state index is 0.566. The smallest absolute Gasteiger partial charge is 0.118 e. The first-order chi connectivity index (χ1) is 7.17. The molecular formula is C14H21O. The van der Waals surface area contributed by atoms with Gasteiger partial charge in [-0.05, 0) is 42.4 Å². The van der Waals surface area contributed by atoms with E-state index >= 15 is 0 Å². The third-order valence-corrected chi connectivity index (χ3v) is 2.67. The van der Waals surface area contributed by atoms with Crippen molar-refractivity contribution in [2.24, 2.45) is 5.92 Å². The molecule has 0 spiro atoms. The van der Waals surface area contributed by atoms with E-state index < -0.39 is 0 Å². The average Bonchev–Trinajstić information content (AvgIpc) is 2.26. The summed E-state index contributed by atoms with van der Waals surface area (Å²) in [4.78, 5) is 0. The summed E-state index contributed by atoms with van der Waals surface area (Å²) >= 11 is 0. The van der Waals surface area contributed by atoms with Gasteiger partial charge >= 0.3 is 0 Å². The van der Waals surface area contributed by atoms with Gasteiger partial charge < -0.3 is 4.74 Å². The number of rotatable bonds is 5. The first-order valence-electron chi connectivity index (χ1n) is 5.60. The molecule has 1 aromatic rings. The van der Waals surface area contributed by atoms with Crippen molar-refractivity contribution >= 4 is 0 Å². The Hall–Kier alpha value is -0.980. The Labute approximate surface area is 93.5 Å². The van der Waals surface area contributed by atoms with Gasteiger partial charge in [-0.1, -0.05) is 32.9 Å². The zero-order valence-electron chi connectivity index (χ0n) is 10.2. The highest BCUT2D eigenvalue weighted by molar-refractivity contribution is 5.30. The van der Waals surface area contributed by atoms with E-state index in [4.69, 9.17) is 4.74 Å². The summed E-state index contributed by atoms with van der Waals surface area (Å²) in [6, 6.07) is 8.38. The van der Waals surface area contributed by atoms with E-state index in [2.05, 4.69) is 39.3 Å². The Morgan fingerprint density at radius 2 is 1.80 bits per heavy atom. The topological polar surface area (TPSA) is 9.23 Å². The van der Waals surface area contributed by atoms with Crippen molar-refractivity contribution in [3.05, 3.63) is 36.2 Å². The molecule has 0 saturated carbocycles. The fourth-order valence-corrected chi connectivity index (χ4v) is 1.82. The standard InChI is InChI=1S/C14H21O/c1-5-12(10-11(2)3)13-6-8-14(15-4)9-7-13/h5-9,11-12H,10H2,1-4H3. The Kier molecular flexibility index (Phi) is 4.67. The molecule has 0 amide bonds. The van der Waals surface area contributed by atoms with Gasteiger partial charge in [0, 0.05) is 0 Å². The zero-order valence-corrected chi connectivity index (χ0v) is 10.2. The lowest BCUT2D eigenvalue weighted by Crippen LogP contribution is -2.02. The summed E-state index contributed by atoms with van der Waals surface area (Å²) in [5.41, 5.74) is 1.38. The summed E-state index contributed by atoms with van der Waals surface area (Å²) < 4.78 is 5.15. The fourth-order valence-electron chi connectivity index (χ4n) is 1.82. The van der Waals surface area contributed by atoms with Crippen LogP contribution in [0.1, 0.15) is 38.7 Å². The molecule has 1 radical (unpaired) electrons. The van der Waals surface area contributed by atoms with Crippen molar-refractivity contribution < 1.29 is 4.74 Å². The quantitative estimate of drug-likeness (QED) is 0.704. The van der Waals surface area contributed by atoms with Crippen LogP contribution in [-0.2, 0) is 0 Å². The van der Waals surface area contributed by atoms with E-state index in [1.807, 2.05) is 12.1 Å². The summed E-state index contributed by atoms with van der Waals surface area (Å²) in [6.07, 6.45) is 3.49. The molecule has 1 heteroatoms. The molecule has 0 N–H and O–H groups in total. The molecule has 0 fully saturated rings.